The fraction of sp³-hybridized carbons (Fsp3) is 0.375. The van der Waals surface area contributed by atoms with Crippen molar-refractivity contribution in [2.24, 2.45) is 0 Å². The number of nitrogens with one attached hydrogen (secondary N) is 1. The van der Waals surface area contributed by atoms with Crippen LogP contribution in [0.4, 0.5) is 0 Å². The molecule has 0 amide bonds. The van der Waals surface area contributed by atoms with Crippen molar-refractivity contribution in [3.63, 3.8) is 0 Å². The molecular formula is C8H10N2S. The van der Waals surface area contributed by atoms with Crippen LogP contribution in [0.3, 0.4) is 0 Å². The smallest absolute Gasteiger partial charge is 0.0962 e. The van der Waals surface area contributed by atoms with Gasteiger partial charge in [-0.05, 0) is 12.1 Å². The molecule has 0 spiro atoms. The Morgan fingerprint density at radius 1 is 1.55 bits per heavy atom. The van der Waals surface area contributed by atoms with E-state index in [2.05, 4.69) is 16.4 Å². The Hall–Kier alpha value is -0.540. The summed E-state index contributed by atoms with van der Waals surface area (Å²) in [5, 5.41) is 3.80. The summed E-state index contributed by atoms with van der Waals surface area (Å²) in [5.74, 6) is 1.20. The maximum atomic E-state index is 4.28. The summed E-state index contributed by atoms with van der Waals surface area (Å²) in [4.78, 5) is 4.28. The van der Waals surface area contributed by atoms with Gasteiger partial charge in [-0.2, -0.15) is 0 Å². The molecule has 0 bridgehead atoms. The quantitative estimate of drug-likeness (QED) is 0.683. The molecule has 1 N–H and O–H groups in total. The summed E-state index contributed by atoms with van der Waals surface area (Å²) in [6, 6.07) is 6.04. The van der Waals surface area contributed by atoms with E-state index in [1.807, 2.05) is 30.1 Å². The number of thioether (sulfide) groups is 1. The van der Waals surface area contributed by atoms with Crippen molar-refractivity contribution in [2.75, 3.05) is 12.3 Å². The summed E-state index contributed by atoms with van der Waals surface area (Å²) in [6.07, 6.45) is 1.84. The molecule has 0 unspecified atom stereocenters. The third-order valence-electron chi connectivity index (χ3n) is 1.67. The summed E-state index contributed by atoms with van der Waals surface area (Å²) >= 11 is 1.92. The largest absolute Gasteiger partial charge is 0.300 e. The first-order chi connectivity index (χ1) is 5.47. The molecule has 2 heterocycles. The van der Waals surface area contributed by atoms with Crippen molar-refractivity contribution in [2.45, 2.75) is 5.37 Å². The fourth-order valence-corrected chi connectivity index (χ4v) is 2.16. The molecule has 1 aromatic heterocycles. The van der Waals surface area contributed by atoms with Crippen molar-refractivity contribution in [3.8, 4) is 0 Å². The minimum atomic E-state index is 0.427. The lowest BCUT2D eigenvalue weighted by atomic mass is 10.3. The van der Waals surface area contributed by atoms with Crippen LogP contribution in [0.25, 0.3) is 0 Å². The van der Waals surface area contributed by atoms with Crippen LogP contribution in [-0.4, -0.2) is 17.3 Å². The Morgan fingerprint density at radius 2 is 2.55 bits per heavy atom. The number of hydrogen-bond donors (Lipinski definition) is 1. The van der Waals surface area contributed by atoms with Gasteiger partial charge in [0.15, 0.2) is 0 Å². The van der Waals surface area contributed by atoms with Crippen LogP contribution >= 0.6 is 11.8 Å². The Morgan fingerprint density at radius 3 is 3.18 bits per heavy atom. The predicted molar refractivity (Wildman–Crippen MR) is 47.4 cm³/mol. The van der Waals surface area contributed by atoms with Crippen LogP contribution < -0.4 is 5.32 Å². The van der Waals surface area contributed by atoms with E-state index in [0.29, 0.717) is 5.37 Å². The van der Waals surface area contributed by atoms with Gasteiger partial charge in [-0.1, -0.05) is 6.07 Å². The van der Waals surface area contributed by atoms with Crippen molar-refractivity contribution < 1.29 is 0 Å². The van der Waals surface area contributed by atoms with Crippen LogP contribution in [0, 0.1) is 0 Å². The minimum Gasteiger partial charge on any atom is -0.300 e. The molecule has 1 fully saturated rings. The zero-order chi connectivity index (χ0) is 7.52. The normalized spacial score (nSPS) is 23.8. The Labute approximate surface area is 70.4 Å². The minimum absolute atomic E-state index is 0.427. The number of rotatable bonds is 1. The molecule has 0 aliphatic carbocycles. The first kappa shape index (κ1) is 7.13. The molecule has 0 saturated carbocycles. The highest BCUT2D eigenvalue weighted by Crippen LogP contribution is 2.27. The van der Waals surface area contributed by atoms with E-state index in [1.54, 1.807) is 0 Å². The molecule has 1 aliphatic rings. The van der Waals surface area contributed by atoms with E-state index in [-0.39, 0.29) is 0 Å². The third kappa shape index (κ3) is 1.54. The standard InChI is InChI=1S/C8H10N2S/c1-2-4-9-7(3-1)8-10-5-6-11-8/h1-4,8,10H,5-6H2/t8-/m1/s1. The maximum absolute atomic E-state index is 4.28. The first-order valence-electron chi connectivity index (χ1n) is 3.73. The van der Waals surface area contributed by atoms with E-state index in [0.717, 1.165) is 12.2 Å². The topological polar surface area (TPSA) is 24.9 Å². The fourth-order valence-electron chi connectivity index (χ4n) is 1.15. The maximum Gasteiger partial charge on any atom is 0.0962 e. The lowest BCUT2D eigenvalue weighted by molar-refractivity contribution is 0.732. The second kappa shape index (κ2) is 3.24. The van der Waals surface area contributed by atoms with Gasteiger partial charge < -0.3 is 0 Å². The molecule has 11 heavy (non-hydrogen) atoms. The average Bonchev–Trinajstić information content (AvgIpc) is 2.58. The van der Waals surface area contributed by atoms with E-state index in [9.17, 15) is 0 Å². The summed E-state index contributed by atoms with van der Waals surface area (Å²) in [7, 11) is 0. The molecule has 0 aromatic carbocycles. The highest BCUT2D eigenvalue weighted by Gasteiger charge is 2.16. The monoisotopic (exact) mass is 166 g/mol. The lowest BCUT2D eigenvalue weighted by Gasteiger charge is -2.06. The third-order valence-corrected chi connectivity index (χ3v) is 2.85. The Bertz CT molecular complexity index is 219. The van der Waals surface area contributed by atoms with E-state index in [1.165, 1.54) is 5.75 Å². The van der Waals surface area contributed by atoms with E-state index >= 15 is 0 Å². The molecule has 3 heteroatoms. The van der Waals surface area contributed by atoms with Gasteiger partial charge in [0.2, 0.25) is 0 Å². The highest BCUT2D eigenvalue weighted by atomic mass is 32.2. The average molecular weight is 166 g/mol. The summed E-state index contributed by atoms with van der Waals surface area (Å²) < 4.78 is 0. The number of aromatic nitrogens is 1. The molecular weight excluding hydrogens is 156 g/mol. The zero-order valence-electron chi connectivity index (χ0n) is 6.16. The Kier molecular flexibility index (Phi) is 2.10. The molecule has 2 rings (SSSR count). The van der Waals surface area contributed by atoms with Crippen molar-refractivity contribution in [3.05, 3.63) is 30.1 Å². The van der Waals surface area contributed by atoms with Crippen LogP contribution in [-0.2, 0) is 0 Å². The number of nitrogens with zero attached hydrogens (tertiary/aromatic N) is 1. The summed E-state index contributed by atoms with van der Waals surface area (Å²) in [5.41, 5.74) is 1.15. The van der Waals surface area contributed by atoms with Crippen LogP contribution in [0.5, 0.6) is 0 Å². The van der Waals surface area contributed by atoms with Crippen molar-refractivity contribution in [1.29, 1.82) is 0 Å². The molecule has 1 aromatic rings. The second-order valence-corrected chi connectivity index (χ2v) is 3.67. The SMILES string of the molecule is c1ccc([C@@H]2NCCS2)nc1. The number of pyridine rings is 1. The van der Waals surface area contributed by atoms with E-state index < -0.39 is 0 Å². The van der Waals surface area contributed by atoms with Crippen molar-refractivity contribution in [1.82, 2.24) is 10.3 Å². The van der Waals surface area contributed by atoms with Gasteiger partial charge in [-0.15, -0.1) is 11.8 Å². The van der Waals surface area contributed by atoms with Crippen LogP contribution in [0.15, 0.2) is 24.4 Å². The molecule has 1 aliphatic heterocycles. The van der Waals surface area contributed by atoms with Gasteiger partial charge in [-0.3, -0.25) is 10.3 Å². The van der Waals surface area contributed by atoms with Gasteiger partial charge >= 0.3 is 0 Å². The van der Waals surface area contributed by atoms with Crippen molar-refractivity contribution >= 4 is 11.8 Å². The molecule has 0 radical (unpaired) electrons. The summed E-state index contributed by atoms with van der Waals surface area (Å²) in [6.45, 7) is 1.10. The van der Waals surface area contributed by atoms with Crippen LogP contribution in [0.2, 0.25) is 0 Å². The predicted octanol–water partition coefficient (Wildman–Crippen LogP) is 1.42. The highest BCUT2D eigenvalue weighted by molar-refractivity contribution is 7.99. The lowest BCUT2D eigenvalue weighted by Crippen LogP contribution is -2.12. The number of hydrogen-bond acceptors (Lipinski definition) is 3. The molecule has 1 saturated heterocycles. The van der Waals surface area contributed by atoms with Gasteiger partial charge in [0.1, 0.15) is 0 Å². The van der Waals surface area contributed by atoms with Gasteiger partial charge in [-0.25, -0.2) is 0 Å². The second-order valence-electron chi connectivity index (χ2n) is 2.46. The van der Waals surface area contributed by atoms with Gasteiger partial charge in [0, 0.05) is 18.5 Å². The van der Waals surface area contributed by atoms with Crippen LogP contribution in [0.1, 0.15) is 11.1 Å². The molecule has 58 valence electrons. The first-order valence-corrected chi connectivity index (χ1v) is 4.77. The van der Waals surface area contributed by atoms with Gasteiger partial charge in [0.25, 0.3) is 0 Å². The van der Waals surface area contributed by atoms with Gasteiger partial charge in [0.05, 0.1) is 11.1 Å². The molecule has 1 atom stereocenters. The zero-order valence-corrected chi connectivity index (χ0v) is 6.97. The van der Waals surface area contributed by atoms with E-state index in [4.69, 9.17) is 0 Å². The Balaban J connectivity index is 2.16. The molecule has 2 nitrogen and oxygen atoms in total.